The predicted molar refractivity (Wildman–Crippen MR) is 149 cm³/mol. The predicted octanol–water partition coefficient (Wildman–Crippen LogP) is 7.87. The van der Waals surface area contributed by atoms with Gasteiger partial charge in [-0.3, -0.25) is 4.31 Å². The molecule has 2 rings (SSSR count). The molecule has 8 heteroatoms. The van der Waals surface area contributed by atoms with Crippen LogP contribution in [0.5, 0.6) is 17.2 Å². The van der Waals surface area contributed by atoms with Crippen molar-refractivity contribution >= 4 is 27.3 Å². The molecule has 2 aromatic carbocycles. The highest BCUT2D eigenvalue weighted by atomic mass is 35.5. The third-order valence-corrected chi connectivity index (χ3v) is 8.28. The van der Waals surface area contributed by atoms with Crippen molar-refractivity contribution in [2.45, 2.75) is 83.0 Å². The van der Waals surface area contributed by atoms with Crippen LogP contribution >= 0.6 is 11.6 Å². The Morgan fingerprint density at radius 2 is 1.33 bits per heavy atom. The van der Waals surface area contributed by atoms with Gasteiger partial charge in [0, 0.05) is 18.7 Å². The van der Waals surface area contributed by atoms with E-state index >= 15 is 0 Å². The number of nitrogens with zero attached hydrogens (tertiary/aromatic N) is 1. The van der Waals surface area contributed by atoms with Gasteiger partial charge in [-0.25, -0.2) is 8.42 Å². The Morgan fingerprint density at radius 1 is 0.778 bits per heavy atom. The number of halogens is 1. The second-order valence-electron chi connectivity index (χ2n) is 8.82. The van der Waals surface area contributed by atoms with Gasteiger partial charge < -0.3 is 14.2 Å². The van der Waals surface area contributed by atoms with Crippen LogP contribution in [0.15, 0.2) is 41.3 Å². The van der Waals surface area contributed by atoms with E-state index in [1.54, 1.807) is 36.4 Å². The Kier molecular flexibility index (Phi) is 13.3. The van der Waals surface area contributed by atoms with E-state index in [0.29, 0.717) is 41.1 Å². The van der Waals surface area contributed by atoms with E-state index in [4.69, 9.17) is 25.8 Å². The highest BCUT2D eigenvalue weighted by Gasteiger charge is 2.28. The third-order valence-electron chi connectivity index (χ3n) is 6.16. The first-order chi connectivity index (χ1) is 17.4. The molecule has 0 fully saturated rings. The van der Waals surface area contributed by atoms with Crippen LogP contribution in [-0.4, -0.2) is 35.8 Å². The molecule has 36 heavy (non-hydrogen) atoms. The highest BCUT2D eigenvalue weighted by Crippen LogP contribution is 2.40. The van der Waals surface area contributed by atoms with Gasteiger partial charge in [0.15, 0.2) is 0 Å². The van der Waals surface area contributed by atoms with Gasteiger partial charge in [-0.05, 0) is 37.6 Å². The molecule has 0 radical (unpaired) electrons. The smallest absolute Gasteiger partial charge is 0.264 e. The van der Waals surface area contributed by atoms with Crippen molar-refractivity contribution in [3.63, 3.8) is 0 Å². The van der Waals surface area contributed by atoms with Gasteiger partial charge in [-0.2, -0.15) is 0 Å². The second kappa shape index (κ2) is 15.9. The van der Waals surface area contributed by atoms with Crippen LogP contribution in [0.4, 0.5) is 5.69 Å². The van der Waals surface area contributed by atoms with Crippen LogP contribution in [0.1, 0.15) is 78.1 Å². The molecule has 0 aliphatic rings. The molecule has 0 aliphatic carbocycles. The summed E-state index contributed by atoms with van der Waals surface area (Å²) < 4.78 is 45.4. The Labute approximate surface area is 222 Å². The van der Waals surface area contributed by atoms with Crippen molar-refractivity contribution in [1.82, 2.24) is 0 Å². The number of unbranched alkanes of at least 4 members (excludes halogenated alkanes) is 9. The number of ether oxygens (including phenoxy) is 3. The Morgan fingerprint density at radius 3 is 1.86 bits per heavy atom. The molecule has 0 aliphatic heterocycles. The van der Waals surface area contributed by atoms with Gasteiger partial charge in [0.1, 0.15) is 17.2 Å². The molecule has 0 spiro atoms. The van der Waals surface area contributed by atoms with E-state index in [9.17, 15) is 8.42 Å². The molecule has 0 bridgehead atoms. The Balaban J connectivity index is 2.19. The Hall–Kier alpha value is -2.12. The van der Waals surface area contributed by atoms with E-state index in [0.717, 1.165) is 19.3 Å². The first-order valence-corrected chi connectivity index (χ1v) is 14.9. The Bertz CT molecular complexity index is 1010. The van der Waals surface area contributed by atoms with E-state index in [1.165, 1.54) is 63.5 Å². The maximum Gasteiger partial charge on any atom is 0.264 e. The first kappa shape index (κ1) is 30.1. The zero-order valence-electron chi connectivity index (χ0n) is 22.2. The average Bonchev–Trinajstić information content (AvgIpc) is 2.88. The molecule has 0 amide bonds. The molecule has 0 unspecified atom stereocenters. The van der Waals surface area contributed by atoms with E-state index in [2.05, 4.69) is 6.92 Å². The van der Waals surface area contributed by atoms with E-state index in [-0.39, 0.29) is 4.90 Å². The number of hydrogen-bond donors (Lipinski definition) is 0. The fourth-order valence-electron chi connectivity index (χ4n) is 4.15. The fourth-order valence-corrected chi connectivity index (χ4v) is 5.89. The molecule has 0 aromatic heterocycles. The topological polar surface area (TPSA) is 65.1 Å². The van der Waals surface area contributed by atoms with Gasteiger partial charge in [0.25, 0.3) is 10.0 Å². The molecule has 0 N–H and O–H groups in total. The maximum absolute atomic E-state index is 13.8. The van der Waals surface area contributed by atoms with Gasteiger partial charge in [0.2, 0.25) is 0 Å². The summed E-state index contributed by atoms with van der Waals surface area (Å²) in [7, 11) is -0.859. The van der Waals surface area contributed by atoms with Gasteiger partial charge in [-0.1, -0.05) is 76.3 Å². The number of methoxy groups -OCH3 is 2. The monoisotopic (exact) mass is 539 g/mol. The maximum atomic E-state index is 13.8. The molecule has 0 saturated carbocycles. The molecule has 2 aromatic rings. The molecule has 202 valence electrons. The summed E-state index contributed by atoms with van der Waals surface area (Å²) in [5, 5.41) is 0.357. The summed E-state index contributed by atoms with van der Waals surface area (Å²) in [6.07, 6.45) is 11.7. The van der Waals surface area contributed by atoms with Crippen LogP contribution in [-0.2, 0) is 10.0 Å². The van der Waals surface area contributed by atoms with Crippen molar-refractivity contribution in [3.05, 3.63) is 41.4 Å². The van der Waals surface area contributed by atoms with Crippen LogP contribution in [0.2, 0.25) is 5.02 Å². The lowest BCUT2D eigenvalue weighted by atomic mass is 10.1. The SMILES string of the molecule is CCCCCCCCCCCCN(c1cc(OC)c(Cl)cc1OC)S(=O)(=O)c1ccc(OCC)cc1. The summed E-state index contributed by atoms with van der Waals surface area (Å²) in [6, 6.07) is 9.72. The lowest BCUT2D eigenvalue weighted by Gasteiger charge is -2.27. The quantitative estimate of drug-likeness (QED) is 0.180. The number of anilines is 1. The molecule has 6 nitrogen and oxygen atoms in total. The van der Waals surface area contributed by atoms with E-state index in [1.807, 2.05) is 6.92 Å². The number of rotatable bonds is 18. The number of sulfonamides is 1. The lowest BCUT2D eigenvalue weighted by molar-refractivity contribution is 0.340. The van der Waals surface area contributed by atoms with Crippen molar-refractivity contribution in [2.24, 2.45) is 0 Å². The molecular formula is C28H42ClNO5S. The molecule has 0 heterocycles. The minimum absolute atomic E-state index is 0.189. The highest BCUT2D eigenvalue weighted by molar-refractivity contribution is 7.92. The summed E-state index contributed by atoms with van der Waals surface area (Å²) in [6.45, 7) is 4.96. The molecule has 0 saturated heterocycles. The third kappa shape index (κ3) is 8.77. The first-order valence-electron chi connectivity index (χ1n) is 13.1. The summed E-state index contributed by atoms with van der Waals surface area (Å²) in [5.41, 5.74) is 0.406. The summed E-state index contributed by atoms with van der Waals surface area (Å²) in [4.78, 5) is 0.189. The fraction of sp³-hybridized carbons (Fsp3) is 0.571. The van der Waals surface area contributed by atoms with Crippen LogP contribution in [0.3, 0.4) is 0 Å². The molecule has 0 atom stereocenters. The minimum Gasteiger partial charge on any atom is -0.495 e. The largest absolute Gasteiger partial charge is 0.495 e. The minimum atomic E-state index is -3.87. The molecular weight excluding hydrogens is 498 g/mol. The van der Waals surface area contributed by atoms with Crippen LogP contribution in [0, 0.1) is 0 Å². The van der Waals surface area contributed by atoms with Gasteiger partial charge in [-0.15, -0.1) is 0 Å². The number of benzene rings is 2. The van der Waals surface area contributed by atoms with Gasteiger partial charge >= 0.3 is 0 Å². The van der Waals surface area contributed by atoms with Crippen molar-refractivity contribution in [1.29, 1.82) is 0 Å². The lowest BCUT2D eigenvalue weighted by Crippen LogP contribution is -2.32. The van der Waals surface area contributed by atoms with Crippen LogP contribution in [0.25, 0.3) is 0 Å². The van der Waals surface area contributed by atoms with Crippen LogP contribution < -0.4 is 18.5 Å². The normalized spacial score (nSPS) is 11.4. The standard InChI is InChI=1S/C28H42ClNO5S/c1-5-7-8-9-10-11-12-13-14-15-20-30(26-22-27(33-3)25(29)21-28(26)34-4)36(31,32)24-18-16-23(17-19-24)35-6-2/h16-19,21-22H,5-15,20H2,1-4H3. The second-order valence-corrected chi connectivity index (χ2v) is 11.1. The van der Waals surface area contributed by atoms with Gasteiger partial charge in [0.05, 0.1) is 36.4 Å². The summed E-state index contributed by atoms with van der Waals surface area (Å²) >= 11 is 6.29. The zero-order valence-corrected chi connectivity index (χ0v) is 23.8. The van der Waals surface area contributed by atoms with Crippen molar-refractivity contribution < 1.29 is 22.6 Å². The van der Waals surface area contributed by atoms with E-state index < -0.39 is 10.0 Å². The average molecular weight is 540 g/mol. The van der Waals surface area contributed by atoms with Crippen molar-refractivity contribution in [3.8, 4) is 17.2 Å². The number of hydrogen-bond acceptors (Lipinski definition) is 5. The summed E-state index contributed by atoms with van der Waals surface area (Å²) in [5.74, 6) is 1.40. The van der Waals surface area contributed by atoms with Crippen molar-refractivity contribution in [2.75, 3.05) is 31.7 Å². The zero-order chi connectivity index (χ0) is 26.4.